The quantitative estimate of drug-likeness (QED) is 0.748. The van der Waals surface area contributed by atoms with Gasteiger partial charge in [-0.05, 0) is 30.5 Å². The number of hydrogen-bond acceptors (Lipinski definition) is 2. The van der Waals surface area contributed by atoms with E-state index in [1.54, 1.807) is 0 Å². The van der Waals surface area contributed by atoms with Gasteiger partial charge < -0.3 is 10.5 Å². The number of carbonyl (C=O) groups is 1. The Balaban J connectivity index is 2.45. The summed E-state index contributed by atoms with van der Waals surface area (Å²) in [5.74, 6) is 0. The lowest BCUT2D eigenvalue weighted by Gasteiger charge is -2.03. The number of rotatable bonds is 4. The predicted octanol–water partition coefficient (Wildman–Crippen LogP) is 1.80. The van der Waals surface area contributed by atoms with Gasteiger partial charge >= 0.3 is 0 Å². The van der Waals surface area contributed by atoms with Crippen LogP contribution in [0.2, 0.25) is 5.02 Å². The van der Waals surface area contributed by atoms with Gasteiger partial charge in [0.05, 0.1) is 6.04 Å². The topological polar surface area (TPSA) is 43.1 Å². The van der Waals surface area contributed by atoms with Gasteiger partial charge in [0.15, 0.2) is 0 Å². The molecule has 1 aromatic carbocycles. The molecule has 0 aliphatic carbocycles. The number of nitrogens with two attached hydrogens (primary N) is 1. The highest BCUT2D eigenvalue weighted by atomic mass is 35.5. The standard InChI is InChI=1S/C10H12ClNO/c11-9-4-1-8(2-5-9)3-6-10(12)7-13/h1-2,4-5,7,10H,3,6,12H2. The van der Waals surface area contributed by atoms with Crippen LogP contribution in [-0.2, 0) is 11.2 Å². The predicted molar refractivity (Wildman–Crippen MR) is 53.8 cm³/mol. The van der Waals surface area contributed by atoms with Gasteiger partial charge in [-0.2, -0.15) is 0 Å². The molecule has 0 aliphatic heterocycles. The van der Waals surface area contributed by atoms with E-state index in [2.05, 4.69) is 0 Å². The number of hydrogen-bond donors (Lipinski definition) is 1. The van der Waals surface area contributed by atoms with Crippen molar-refractivity contribution in [1.82, 2.24) is 0 Å². The fourth-order valence-corrected chi connectivity index (χ4v) is 1.18. The third-order valence-corrected chi connectivity index (χ3v) is 2.11. The van der Waals surface area contributed by atoms with Crippen LogP contribution in [0.5, 0.6) is 0 Å². The Kier molecular flexibility index (Phi) is 3.93. The van der Waals surface area contributed by atoms with E-state index in [-0.39, 0.29) is 6.04 Å². The summed E-state index contributed by atoms with van der Waals surface area (Å²) in [7, 11) is 0. The molecule has 1 atom stereocenters. The van der Waals surface area contributed by atoms with Gasteiger partial charge in [0, 0.05) is 5.02 Å². The fourth-order valence-electron chi connectivity index (χ4n) is 1.05. The van der Waals surface area contributed by atoms with Crippen LogP contribution in [0.4, 0.5) is 0 Å². The summed E-state index contributed by atoms with van der Waals surface area (Å²) in [6, 6.07) is 7.21. The Morgan fingerprint density at radius 3 is 2.54 bits per heavy atom. The molecule has 0 radical (unpaired) electrons. The van der Waals surface area contributed by atoms with E-state index in [1.165, 1.54) is 0 Å². The average Bonchev–Trinajstić information content (AvgIpc) is 2.16. The first-order valence-corrected chi connectivity index (χ1v) is 4.55. The molecule has 0 spiro atoms. The minimum Gasteiger partial charge on any atom is -0.322 e. The van der Waals surface area contributed by atoms with Crippen molar-refractivity contribution in [2.75, 3.05) is 0 Å². The normalized spacial score (nSPS) is 12.5. The summed E-state index contributed by atoms with van der Waals surface area (Å²) in [5.41, 5.74) is 6.61. The molecule has 0 heterocycles. The number of benzene rings is 1. The third-order valence-electron chi connectivity index (χ3n) is 1.85. The molecule has 0 aromatic heterocycles. The summed E-state index contributed by atoms with van der Waals surface area (Å²) in [4.78, 5) is 10.2. The Morgan fingerprint density at radius 1 is 1.38 bits per heavy atom. The van der Waals surface area contributed by atoms with Gasteiger partial charge in [-0.1, -0.05) is 23.7 Å². The van der Waals surface area contributed by atoms with E-state index < -0.39 is 0 Å². The van der Waals surface area contributed by atoms with E-state index in [9.17, 15) is 4.79 Å². The largest absolute Gasteiger partial charge is 0.322 e. The summed E-state index contributed by atoms with van der Waals surface area (Å²) in [6.07, 6.45) is 2.28. The minimum absolute atomic E-state index is 0.351. The minimum atomic E-state index is -0.351. The van der Waals surface area contributed by atoms with Crippen molar-refractivity contribution in [2.24, 2.45) is 5.73 Å². The monoisotopic (exact) mass is 197 g/mol. The zero-order chi connectivity index (χ0) is 9.68. The highest BCUT2D eigenvalue weighted by Gasteiger charge is 2.00. The van der Waals surface area contributed by atoms with Crippen molar-refractivity contribution in [2.45, 2.75) is 18.9 Å². The van der Waals surface area contributed by atoms with Crippen LogP contribution in [0.25, 0.3) is 0 Å². The number of aldehydes is 1. The molecule has 13 heavy (non-hydrogen) atoms. The second-order valence-electron chi connectivity index (χ2n) is 2.97. The second kappa shape index (κ2) is 5.00. The molecule has 1 aromatic rings. The van der Waals surface area contributed by atoms with Crippen molar-refractivity contribution in [3.05, 3.63) is 34.9 Å². The van der Waals surface area contributed by atoms with Gasteiger partial charge in [-0.15, -0.1) is 0 Å². The van der Waals surface area contributed by atoms with Gasteiger partial charge in [0.2, 0.25) is 0 Å². The molecule has 0 bridgehead atoms. The Hall–Kier alpha value is -0.860. The van der Waals surface area contributed by atoms with Crippen molar-refractivity contribution in [1.29, 1.82) is 0 Å². The summed E-state index contributed by atoms with van der Waals surface area (Å²) >= 11 is 5.72. The van der Waals surface area contributed by atoms with E-state index in [0.29, 0.717) is 6.42 Å². The zero-order valence-electron chi connectivity index (χ0n) is 7.24. The molecule has 0 saturated carbocycles. The van der Waals surface area contributed by atoms with Crippen molar-refractivity contribution in [3.8, 4) is 0 Å². The molecule has 0 aliphatic rings. The maximum Gasteiger partial charge on any atom is 0.136 e. The lowest BCUT2D eigenvalue weighted by molar-refractivity contribution is -0.109. The number of carbonyl (C=O) groups excluding carboxylic acids is 1. The average molecular weight is 198 g/mol. The first kappa shape index (κ1) is 10.2. The van der Waals surface area contributed by atoms with Crippen molar-refractivity contribution in [3.63, 3.8) is 0 Å². The second-order valence-corrected chi connectivity index (χ2v) is 3.40. The van der Waals surface area contributed by atoms with E-state index in [1.807, 2.05) is 24.3 Å². The van der Waals surface area contributed by atoms with Crippen LogP contribution in [0.15, 0.2) is 24.3 Å². The van der Waals surface area contributed by atoms with Crippen molar-refractivity contribution >= 4 is 17.9 Å². The molecular formula is C10H12ClNO. The Morgan fingerprint density at radius 2 is 2.00 bits per heavy atom. The van der Waals surface area contributed by atoms with Gasteiger partial charge in [0.25, 0.3) is 0 Å². The highest BCUT2D eigenvalue weighted by Crippen LogP contribution is 2.11. The van der Waals surface area contributed by atoms with Crippen LogP contribution in [0, 0.1) is 0 Å². The summed E-state index contributed by atoms with van der Waals surface area (Å²) in [6.45, 7) is 0. The van der Waals surface area contributed by atoms with Crippen molar-refractivity contribution < 1.29 is 4.79 Å². The SMILES string of the molecule is NC(C=O)CCc1ccc(Cl)cc1. The van der Waals surface area contributed by atoms with Gasteiger partial charge in [-0.25, -0.2) is 0 Å². The Bertz CT molecular complexity index is 271. The maximum absolute atomic E-state index is 10.2. The number of halogens is 1. The van der Waals surface area contributed by atoms with E-state index in [0.717, 1.165) is 23.3 Å². The molecule has 0 amide bonds. The summed E-state index contributed by atoms with van der Waals surface area (Å²) in [5, 5.41) is 0.725. The molecular weight excluding hydrogens is 186 g/mol. The maximum atomic E-state index is 10.2. The molecule has 2 N–H and O–H groups in total. The van der Waals surface area contributed by atoms with Crippen LogP contribution >= 0.6 is 11.6 Å². The molecule has 2 nitrogen and oxygen atoms in total. The van der Waals surface area contributed by atoms with E-state index >= 15 is 0 Å². The first-order chi connectivity index (χ1) is 6.22. The van der Waals surface area contributed by atoms with Crippen LogP contribution < -0.4 is 5.73 Å². The highest BCUT2D eigenvalue weighted by molar-refractivity contribution is 6.30. The molecule has 70 valence electrons. The fraction of sp³-hybridized carbons (Fsp3) is 0.300. The van der Waals surface area contributed by atoms with Crippen LogP contribution in [-0.4, -0.2) is 12.3 Å². The lowest BCUT2D eigenvalue weighted by Crippen LogP contribution is -2.21. The molecule has 1 unspecified atom stereocenters. The first-order valence-electron chi connectivity index (χ1n) is 4.17. The van der Waals surface area contributed by atoms with Gasteiger partial charge in [-0.3, -0.25) is 0 Å². The number of aryl methyl sites for hydroxylation is 1. The third kappa shape index (κ3) is 3.57. The van der Waals surface area contributed by atoms with E-state index in [4.69, 9.17) is 17.3 Å². The smallest absolute Gasteiger partial charge is 0.136 e. The molecule has 0 fully saturated rings. The van der Waals surface area contributed by atoms with Crippen LogP contribution in [0.1, 0.15) is 12.0 Å². The van der Waals surface area contributed by atoms with Crippen LogP contribution in [0.3, 0.4) is 0 Å². The Labute approximate surface area is 82.7 Å². The van der Waals surface area contributed by atoms with Gasteiger partial charge in [0.1, 0.15) is 6.29 Å². The molecule has 1 rings (SSSR count). The molecule has 3 heteroatoms. The summed E-state index contributed by atoms with van der Waals surface area (Å²) < 4.78 is 0. The lowest BCUT2D eigenvalue weighted by atomic mass is 10.1. The zero-order valence-corrected chi connectivity index (χ0v) is 8.00. The molecule has 0 saturated heterocycles.